The Morgan fingerprint density at radius 1 is 1.40 bits per heavy atom. The average molecular weight is 329 g/mol. The maximum absolute atomic E-state index is 12.4. The van der Waals surface area contributed by atoms with E-state index in [1.54, 1.807) is 11.3 Å². The van der Waals surface area contributed by atoms with Gasteiger partial charge in [0.25, 0.3) is 5.91 Å². The third kappa shape index (κ3) is 2.07. The molecule has 2 aromatic heterocycles. The highest BCUT2D eigenvalue weighted by molar-refractivity contribution is 7.38. The highest BCUT2D eigenvalue weighted by Crippen LogP contribution is 2.39. The summed E-state index contributed by atoms with van der Waals surface area (Å²) in [6, 6.07) is 2.84. The number of likely N-dealkylation sites (tertiary alicyclic amines) is 1. The summed E-state index contributed by atoms with van der Waals surface area (Å²) in [6.45, 7) is 3.10. The minimum absolute atomic E-state index is 0.0614. The molecular formula is C13H13ClN2O2S2. The highest BCUT2D eigenvalue weighted by Gasteiger charge is 2.35. The van der Waals surface area contributed by atoms with Gasteiger partial charge in [0.1, 0.15) is 4.88 Å². The van der Waals surface area contributed by atoms with Crippen LogP contribution in [0.15, 0.2) is 11.4 Å². The second-order valence-corrected chi connectivity index (χ2v) is 7.75. The lowest BCUT2D eigenvalue weighted by Crippen LogP contribution is -2.64. The summed E-state index contributed by atoms with van der Waals surface area (Å²) in [7, 11) is 0. The third-order valence-corrected chi connectivity index (χ3v) is 6.47. The average Bonchev–Trinajstić information content (AvgIpc) is 2.88. The van der Waals surface area contributed by atoms with Gasteiger partial charge in [0.15, 0.2) is 0 Å². The summed E-state index contributed by atoms with van der Waals surface area (Å²) in [4.78, 5) is 15.0. The van der Waals surface area contributed by atoms with Gasteiger partial charge in [0, 0.05) is 24.5 Å². The number of carbonyl (C=O) groups is 1. The van der Waals surface area contributed by atoms with E-state index < -0.39 is 0 Å². The summed E-state index contributed by atoms with van der Waals surface area (Å²) in [5.41, 5.74) is 0. The molecule has 7 heteroatoms. The first-order valence-corrected chi connectivity index (χ1v) is 8.58. The zero-order valence-corrected chi connectivity index (χ0v) is 13.0. The van der Waals surface area contributed by atoms with E-state index in [9.17, 15) is 4.79 Å². The van der Waals surface area contributed by atoms with Crippen LogP contribution in [0.25, 0.3) is 9.40 Å². The van der Waals surface area contributed by atoms with Crippen molar-refractivity contribution in [1.29, 1.82) is 0 Å². The van der Waals surface area contributed by atoms with Crippen LogP contribution in [0.4, 0.5) is 0 Å². The van der Waals surface area contributed by atoms with Crippen LogP contribution in [0.5, 0.6) is 0 Å². The first-order chi connectivity index (χ1) is 9.72. The minimum Gasteiger partial charge on any atom is -0.378 e. The van der Waals surface area contributed by atoms with Crippen LogP contribution in [0, 0.1) is 0 Å². The van der Waals surface area contributed by atoms with Gasteiger partial charge in [-0.25, -0.2) is 0 Å². The molecule has 0 saturated carbocycles. The van der Waals surface area contributed by atoms with E-state index in [4.69, 9.17) is 16.3 Å². The summed E-state index contributed by atoms with van der Waals surface area (Å²) >= 11 is 9.44. The van der Waals surface area contributed by atoms with Gasteiger partial charge in [-0.15, -0.1) is 22.7 Å². The first kappa shape index (κ1) is 13.0. The molecule has 2 aromatic rings. The molecule has 0 bridgehead atoms. The Morgan fingerprint density at radius 2 is 2.20 bits per heavy atom. The second-order valence-electron chi connectivity index (χ2n) is 5.18. The normalized spacial score (nSPS) is 20.1. The van der Waals surface area contributed by atoms with Crippen molar-refractivity contribution < 1.29 is 9.53 Å². The van der Waals surface area contributed by atoms with Crippen LogP contribution in [0.3, 0.4) is 0 Å². The number of amides is 1. The van der Waals surface area contributed by atoms with E-state index in [0.717, 1.165) is 35.7 Å². The Bertz CT molecular complexity index is 658. The smallest absolute Gasteiger partial charge is 0.265 e. The van der Waals surface area contributed by atoms with E-state index in [1.165, 1.54) is 11.3 Å². The second kappa shape index (κ2) is 4.96. The van der Waals surface area contributed by atoms with Crippen LogP contribution in [-0.4, -0.2) is 49.2 Å². The predicted octanol–water partition coefficient (Wildman–Crippen LogP) is 2.43. The molecule has 0 spiro atoms. The molecule has 2 aliphatic rings. The van der Waals surface area contributed by atoms with Crippen LogP contribution in [0.2, 0.25) is 5.02 Å². The van der Waals surface area contributed by atoms with Crippen molar-refractivity contribution in [3.63, 3.8) is 0 Å². The van der Waals surface area contributed by atoms with E-state index >= 15 is 0 Å². The van der Waals surface area contributed by atoms with Gasteiger partial charge in [-0.1, -0.05) is 11.6 Å². The van der Waals surface area contributed by atoms with Crippen molar-refractivity contribution >= 4 is 49.6 Å². The standard InChI is InChI=1S/C13H13ClN2O2S2/c14-10-9-1-2-19-13(9)20-11(10)12(17)16-3-7(4-16)15-8-5-18-6-8/h1-2,7-8,15H,3-6H2. The first-order valence-electron chi connectivity index (χ1n) is 6.51. The lowest BCUT2D eigenvalue weighted by atomic mass is 10.1. The summed E-state index contributed by atoms with van der Waals surface area (Å²) < 4.78 is 6.26. The fourth-order valence-electron chi connectivity index (χ4n) is 2.49. The predicted molar refractivity (Wildman–Crippen MR) is 82.1 cm³/mol. The Morgan fingerprint density at radius 3 is 2.85 bits per heavy atom. The molecular weight excluding hydrogens is 316 g/mol. The van der Waals surface area contributed by atoms with E-state index in [2.05, 4.69) is 5.32 Å². The monoisotopic (exact) mass is 328 g/mol. The van der Waals surface area contributed by atoms with Gasteiger partial charge >= 0.3 is 0 Å². The molecule has 0 aromatic carbocycles. The number of nitrogens with one attached hydrogen (secondary N) is 1. The van der Waals surface area contributed by atoms with Gasteiger partial charge < -0.3 is 15.0 Å². The van der Waals surface area contributed by atoms with Crippen molar-refractivity contribution in [2.24, 2.45) is 0 Å². The number of halogens is 1. The molecule has 0 radical (unpaired) electrons. The zero-order valence-electron chi connectivity index (χ0n) is 10.6. The quantitative estimate of drug-likeness (QED) is 0.941. The van der Waals surface area contributed by atoms with Gasteiger partial charge in [0.2, 0.25) is 0 Å². The molecule has 106 valence electrons. The summed E-state index contributed by atoms with van der Waals surface area (Å²) in [5.74, 6) is 0.0614. The SMILES string of the molecule is O=C(c1sc2sccc2c1Cl)N1CC(NC2COC2)C1. The van der Waals surface area contributed by atoms with Gasteiger partial charge in [-0.2, -0.15) is 0 Å². The summed E-state index contributed by atoms with van der Waals surface area (Å²) in [6.07, 6.45) is 0. The zero-order chi connectivity index (χ0) is 13.7. The van der Waals surface area contributed by atoms with Crippen molar-refractivity contribution in [2.45, 2.75) is 12.1 Å². The number of fused-ring (bicyclic) bond motifs is 1. The maximum atomic E-state index is 12.4. The number of rotatable bonds is 3. The van der Waals surface area contributed by atoms with Crippen molar-refractivity contribution in [3.05, 3.63) is 21.3 Å². The Labute approximate surface area is 129 Å². The Kier molecular flexibility index (Phi) is 3.23. The molecule has 4 nitrogen and oxygen atoms in total. The molecule has 0 atom stereocenters. The number of hydrogen-bond acceptors (Lipinski definition) is 5. The van der Waals surface area contributed by atoms with E-state index in [1.807, 2.05) is 16.3 Å². The molecule has 2 fully saturated rings. The van der Waals surface area contributed by atoms with Gasteiger partial charge in [-0.3, -0.25) is 4.79 Å². The third-order valence-electron chi connectivity index (χ3n) is 3.73. The van der Waals surface area contributed by atoms with Gasteiger partial charge in [0.05, 0.1) is 28.3 Å². The van der Waals surface area contributed by atoms with Crippen LogP contribution < -0.4 is 5.32 Å². The molecule has 0 aliphatic carbocycles. The Hall–Kier alpha value is -0.660. The summed E-state index contributed by atoms with van der Waals surface area (Å²) in [5, 5.41) is 7.10. The number of nitrogens with zero attached hydrogens (tertiary/aromatic N) is 1. The maximum Gasteiger partial charge on any atom is 0.265 e. The molecule has 1 amide bonds. The number of thiophene rings is 2. The number of carbonyl (C=O) groups excluding carboxylic acids is 1. The fourth-order valence-corrected chi connectivity index (χ4v) is 5.07. The lowest BCUT2D eigenvalue weighted by Gasteiger charge is -2.43. The van der Waals surface area contributed by atoms with Crippen LogP contribution in [0.1, 0.15) is 9.67 Å². The van der Waals surface area contributed by atoms with Crippen molar-refractivity contribution in [1.82, 2.24) is 10.2 Å². The molecule has 1 N–H and O–H groups in total. The number of ether oxygens (including phenoxy) is 1. The molecule has 2 saturated heterocycles. The molecule has 0 unspecified atom stereocenters. The van der Waals surface area contributed by atoms with E-state index in [0.29, 0.717) is 22.0 Å². The van der Waals surface area contributed by atoms with Crippen LogP contribution in [-0.2, 0) is 4.74 Å². The van der Waals surface area contributed by atoms with Crippen LogP contribution >= 0.6 is 34.3 Å². The van der Waals surface area contributed by atoms with Crippen molar-refractivity contribution in [3.8, 4) is 0 Å². The number of hydrogen-bond donors (Lipinski definition) is 1. The highest BCUT2D eigenvalue weighted by atomic mass is 35.5. The Balaban J connectivity index is 1.43. The lowest BCUT2D eigenvalue weighted by molar-refractivity contribution is -0.0209. The van der Waals surface area contributed by atoms with Crippen molar-refractivity contribution in [2.75, 3.05) is 26.3 Å². The molecule has 4 heterocycles. The van der Waals surface area contributed by atoms with E-state index in [-0.39, 0.29) is 5.91 Å². The fraction of sp³-hybridized carbons (Fsp3) is 0.462. The molecule has 20 heavy (non-hydrogen) atoms. The molecule has 2 aliphatic heterocycles. The minimum atomic E-state index is 0.0614. The largest absolute Gasteiger partial charge is 0.378 e. The van der Waals surface area contributed by atoms with Gasteiger partial charge in [-0.05, 0) is 11.4 Å². The molecule has 4 rings (SSSR count). The topological polar surface area (TPSA) is 41.6 Å².